The molecule has 1 atom stereocenters. The van der Waals surface area contributed by atoms with Crippen molar-refractivity contribution in [2.24, 2.45) is 0 Å². The molecule has 1 aliphatic rings. The van der Waals surface area contributed by atoms with Gasteiger partial charge in [-0.2, -0.15) is 0 Å². The van der Waals surface area contributed by atoms with E-state index in [0.717, 1.165) is 24.3 Å². The molecule has 1 aliphatic carbocycles. The normalized spacial score (nSPS) is 21.5. The van der Waals surface area contributed by atoms with Crippen molar-refractivity contribution in [3.05, 3.63) is 17.0 Å². The van der Waals surface area contributed by atoms with Gasteiger partial charge in [0.15, 0.2) is 0 Å². The fraction of sp³-hybridized carbons (Fsp3) is 0.700. The first kappa shape index (κ1) is 8.75. The largest absolute Gasteiger partial charge is 0.390 e. The Bertz CT molecular complexity index is 293. The van der Waals surface area contributed by atoms with Gasteiger partial charge in [-0.25, -0.2) is 0 Å². The maximum Gasteiger partial charge on any atom is 0.143 e. The van der Waals surface area contributed by atoms with Crippen LogP contribution in [-0.4, -0.2) is 10.3 Å². The second kappa shape index (κ2) is 3.50. The summed E-state index contributed by atoms with van der Waals surface area (Å²) in [7, 11) is 0. The number of fused-ring (bicyclic) bond motifs is 1. The van der Waals surface area contributed by atoms with Crippen molar-refractivity contribution in [3.63, 3.8) is 0 Å². The molecule has 0 aliphatic heterocycles. The number of rotatable bonds is 2. The fourth-order valence-electron chi connectivity index (χ4n) is 2.12. The van der Waals surface area contributed by atoms with E-state index in [9.17, 15) is 0 Å². The van der Waals surface area contributed by atoms with E-state index in [1.165, 1.54) is 18.4 Å². The molecule has 1 aromatic heterocycles. The molecule has 0 fully saturated rings. The predicted molar refractivity (Wildman–Crippen MR) is 48.4 cm³/mol. The average molecular weight is 181 g/mol. The molecule has 0 aromatic carbocycles. The molecular formula is C10H15NO2. The van der Waals surface area contributed by atoms with Gasteiger partial charge in [0.2, 0.25) is 0 Å². The smallest absolute Gasteiger partial charge is 0.143 e. The first-order chi connectivity index (χ1) is 6.36. The average Bonchev–Trinajstić information content (AvgIpc) is 2.60. The number of aliphatic hydroxyl groups is 1. The minimum Gasteiger partial charge on any atom is -0.390 e. The summed E-state index contributed by atoms with van der Waals surface area (Å²) < 4.78 is 5.27. The third-order valence-corrected chi connectivity index (χ3v) is 2.89. The summed E-state index contributed by atoms with van der Waals surface area (Å²) >= 11 is 0. The Balaban J connectivity index is 2.36. The van der Waals surface area contributed by atoms with Crippen molar-refractivity contribution in [2.45, 2.75) is 45.1 Å². The van der Waals surface area contributed by atoms with E-state index in [-0.39, 0.29) is 6.61 Å². The van der Waals surface area contributed by atoms with Gasteiger partial charge in [0.25, 0.3) is 0 Å². The highest BCUT2D eigenvalue weighted by Gasteiger charge is 2.25. The molecule has 2 rings (SSSR count). The molecule has 3 heteroatoms. The van der Waals surface area contributed by atoms with Gasteiger partial charge in [0.1, 0.15) is 11.5 Å². The summed E-state index contributed by atoms with van der Waals surface area (Å²) in [5, 5.41) is 12.9. The summed E-state index contributed by atoms with van der Waals surface area (Å²) in [6.45, 7) is 2.18. The fourth-order valence-corrected chi connectivity index (χ4v) is 2.12. The molecular weight excluding hydrogens is 166 g/mol. The molecule has 1 aromatic rings. The van der Waals surface area contributed by atoms with Crippen LogP contribution in [0.4, 0.5) is 0 Å². The summed E-state index contributed by atoms with van der Waals surface area (Å²) in [4.78, 5) is 0. The minimum absolute atomic E-state index is 0.00919. The van der Waals surface area contributed by atoms with Crippen LogP contribution < -0.4 is 0 Å². The molecule has 0 spiro atoms. The molecule has 1 unspecified atom stereocenters. The van der Waals surface area contributed by atoms with Gasteiger partial charge < -0.3 is 9.63 Å². The highest BCUT2D eigenvalue weighted by atomic mass is 16.5. The summed E-state index contributed by atoms with van der Waals surface area (Å²) in [5.74, 6) is 1.55. The number of hydrogen-bond donors (Lipinski definition) is 1. The van der Waals surface area contributed by atoms with Gasteiger partial charge in [-0.3, -0.25) is 0 Å². The molecule has 3 nitrogen and oxygen atoms in total. The number of aromatic nitrogens is 1. The Labute approximate surface area is 77.7 Å². The lowest BCUT2D eigenvalue weighted by Crippen LogP contribution is -2.07. The lowest BCUT2D eigenvalue weighted by atomic mass is 9.86. The molecule has 72 valence electrons. The summed E-state index contributed by atoms with van der Waals surface area (Å²) in [6.07, 6.45) is 4.52. The Kier molecular flexibility index (Phi) is 2.36. The highest BCUT2D eigenvalue weighted by molar-refractivity contribution is 5.27. The van der Waals surface area contributed by atoms with Crippen LogP contribution in [0.1, 0.15) is 49.1 Å². The molecule has 0 saturated heterocycles. The van der Waals surface area contributed by atoms with Crippen LogP contribution in [0.15, 0.2) is 4.52 Å². The van der Waals surface area contributed by atoms with Gasteiger partial charge in [-0.15, -0.1) is 0 Å². The zero-order valence-electron chi connectivity index (χ0n) is 7.92. The zero-order chi connectivity index (χ0) is 9.26. The van der Waals surface area contributed by atoms with Gasteiger partial charge in [0.05, 0.1) is 6.61 Å². The van der Waals surface area contributed by atoms with Crippen LogP contribution in [0.25, 0.3) is 0 Å². The number of hydrogen-bond acceptors (Lipinski definition) is 3. The maximum absolute atomic E-state index is 9.02. The van der Waals surface area contributed by atoms with E-state index >= 15 is 0 Å². The SMILES string of the molecule is CCC1CCCc2c(CO)noc21. The van der Waals surface area contributed by atoms with Crippen LogP contribution in [0.3, 0.4) is 0 Å². The second-order valence-electron chi connectivity index (χ2n) is 3.63. The van der Waals surface area contributed by atoms with E-state index < -0.39 is 0 Å². The Morgan fingerprint density at radius 1 is 1.62 bits per heavy atom. The van der Waals surface area contributed by atoms with Crippen molar-refractivity contribution in [2.75, 3.05) is 0 Å². The minimum atomic E-state index is 0.00919. The third kappa shape index (κ3) is 1.37. The number of aliphatic hydroxyl groups excluding tert-OH is 1. The topological polar surface area (TPSA) is 46.3 Å². The van der Waals surface area contributed by atoms with Crippen LogP contribution in [0.2, 0.25) is 0 Å². The molecule has 1 heterocycles. The highest BCUT2D eigenvalue weighted by Crippen LogP contribution is 2.35. The molecule has 0 bridgehead atoms. The lowest BCUT2D eigenvalue weighted by Gasteiger charge is -2.18. The van der Waals surface area contributed by atoms with E-state index in [1.807, 2.05) is 0 Å². The molecule has 13 heavy (non-hydrogen) atoms. The Morgan fingerprint density at radius 2 is 2.46 bits per heavy atom. The van der Waals surface area contributed by atoms with Crippen molar-refractivity contribution < 1.29 is 9.63 Å². The second-order valence-corrected chi connectivity index (χ2v) is 3.63. The van der Waals surface area contributed by atoms with Gasteiger partial charge >= 0.3 is 0 Å². The van der Waals surface area contributed by atoms with Crippen LogP contribution in [0.5, 0.6) is 0 Å². The van der Waals surface area contributed by atoms with Crippen LogP contribution in [0, 0.1) is 0 Å². The van der Waals surface area contributed by atoms with Crippen molar-refractivity contribution >= 4 is 0 Å². The van der Waals surface area contributed by atoms with Crippen molar-refractivity contribution in [3.8, 4) is 0 Å². The molecule has 0 radical (unpaired) electrons. The van der Waals surface area contributed by atoms with Crippen molar-refractivity contribution in [1.29, 1.82) is 0 Å². The van der Waals surface area contributed by atoms with Crippen LogP contribution in [-0.2, 0) is 13.0 Å². The maximum atomic E-state index is 9.02. The van der Waals surface area contributed by atoms with E-state index in [2.05, 4.69) is 12.1 Å². The molecule has 0 saturated carbocycles. The standard InChI is InChI=1S/C10H15NO2/c1-2-7-4-3-5-8-9(6-12)11-13-10(7)8/h7,12H,2-6H2,1H3. The monoisotopic (exact) mass is 181 g/mol. The summed E-state index contributed by atoms with van der Waals surface area (Å²) in [6, 6.07) is 0. The summed E-state index contributed by atoms with van der Waals surface area (Å²) in [5.41, 5.74) is 1.91. The first-order valence-electron chi connectivity index (χ1n) is 4.95. The van der Waals surface area contributed by atoms with E-state index in [0.29, 0.717) is 5.92 Å². The quantitative estimate of drug-likeness (QED) is 0.759. The molecule has 1 N–H and O–H groups in total. The molecule has 0 amide bonds. The van der Waals surface area contributed by atoms with Crippen molar-refractivity contribution in [1.82, 2.24) is 5.16 Å². The first-order valence-corrected chi connectivity index (χ1v) is 4.95. The zero-order valence-corrected chi connectivity index (χ0v) is 7.92. The van der Waals surface area contributed by atoms with Gasteiger partial charge in [-0.1, -0.05) is 12.1 Å². The van der Waals surface area contributed by atoms with E-state index in [4.69, 9.17) is 9.63 Å². The van der Waals surface area contributed by atoms with Gasteiger partial charge in [-0.05, 0) is 25.7 Å². The lowest BCUT2D eigenvalue weighted by molar-refractivity contribution is 0.263. The van der Waals surface area contributed by atoms with Gasteiger partial charge in [0, 0.05) is 11.5 Å². The number of nitrogens with zero attached hydrogens (tertiary/aromatic N) is 1. The predicted octanol–water partition coefficient (Wildman–Crippen LogP) is 2.00. The van der Waals surface area contributed by atoms with Crippen LogP contribution >= 0.6 is 0 Å². The third-order valence-electron chi connectivity index (χ3n) is 2.89. The Hall–Kier alpha value is -0.830. The van der Waals surface area contributed by atoms with E-state index in [1.54, 1.807) is 0 Å². The Morgan fingerprint density at radius 3 is 3.15 bits per heavy atom.